The molecule has 116 valence electrons. The van der Waals surface area contributed by atoms with Gasteiger partial charge in [-0.3, -0.25) is 4.79 Å². The van der Waals surface area contributed by atoms with Gasteiger partial charge in [-0.2, -0.15) is 13.2 Å². The number of rotatable bonds is 2. The van der Waals surface area contributed by atoms with E-state index in [0.717, 1.165) is 0 Å². The molecule has 1 amide bonds. The van der Waals surface area contributed by atoms with Crippen molar-refractivity contribution >= 4 is 5.91 Å². The zero-order valence-corrected chi connectivity index (χ0v) is 11.4. The van der Waals surface area contributed by atoms with Crippen LogP contribution >= 0.6 is 0 Å². The van der Waals surface area contributed by atoms with Gasteiger partial charge in [0.05, 0.1) is 18.6 Å². The van der Waals surface area contributed by atoms with E-state index >= 15 is 0 Å². The Morgan fingerprint density at radius 3 is 2.45 bits per heavy atom. The van der Waals surface area contributed by atoms with Gasteiger partial charge in [0.2, 0.25) is 5.91 Å². The lowest BCUT2D eigenvalue weighted by Gasteiger charge is -2.36. The Morgan fingerprint density at radius 2 is 1.90 bits per heavy atom. The molecule has 1 unspecified atom stereocenters. The first-order valence-corrected chi connectivity index (χ1v) is 7.09. The van der Waals surface area contributed by atoms with Crippen molar-refractivity contribution < 1.29 is 22.7 Å². The van der Waals surface area contributed by atoms with Crippen molar-refractivity contribution in [2.75, 3.05) is 26.2 Å². The SMILES string of the molecule is NCC1CN(C(=O)C2CCC(C(F)(F)F)CC2)CCO1. The maximum Gasteiger partial charge on any atom is 0.391 e. The van der Waals surface area contributed by atoms with Crippen LogP contribution in [0.3, 0.4) is 0 Å². The third-order valence-corrected chi connectivity index (χ3v) is 4.25. The maximum absolute atomic E-state index is 12.6. The minimum atomic E-state index is -4.13. The van der Waals surface area contributed by atoms with Crippen LogP contribution in [0.25, 0.3) is 0 Å². The van der Waals surface area contributed by atoms with Gasteiger partial charge >= 0.3 is 6.18 Å². The van der Waals surface area contributed by atoms with Gasteiger partial charge in [-0.15, -0.1) is 0 Å². The van der Waals surface area contributed by atoms with Crippen molar-refractivity contribution in [1.82, 2.24) is 4.90 Å². The summed E-state index contributed by atoms with van der Waals surface area (Å²) in [6, 6.07) is 0. The molecule has 1 heterocycles. The summed E-state index contributed by atoms with van der Waals surface area (Å²) in [5.41, 5.74) is 5.52. The topological polar surface area (TPSA) is 55.6 Å². The van der Waals surface area contributed by atoms with Crippen molar-refractivity contribution in [2.24, 2.45) is 17.6 Å². The summed E-state index contributed by atoms with van der Waals surface area (Å²) in [5.74, 6) is -1.55. The van der Waals surface area contributed by atoms with Crippen molar-refractivity contribution in [1.29, 1.82) is 0 Å². The summed E-state index contributed by atoms with van der Waals surface area (Å²) < 4.78 is 43.2. The second-order valence-electron chi connectivity index (χ2n) is 5.60. The largest absolute Gasteiger partial charge is 0.391 e. The van der Waals surface area contributed by atoms with Crippen molar-refractivity contribution in [3.05, 3.63) is 0 Å². The number of morpholine rings is 1. The molecule has 1 saturated carbocycles. The smallest absolute Gasteiger partial charge is 0.373 e. The number of ether oxygens (including phenoxy) is 1. The third kappa shape index (κ3) is 3.63. The normalized spacial score (nSPS) is 32.2. The van der Waals surface area contributed by atoms with Gasteiger partial charge < -0.3 is 15.4 Å². The highest BCUT2D eigenvalue weighted by Crippen LogP contribution is 2.40. The van der Waals surface area contributed by atoms with Crippen LogP contribution in [0.15, 0.2) is 0 Å². The Bertz CT molecular complexity index is 341. The van der Waals surface area contributed by atoms with Crippen LogP contribution in [-0.2, 0) is 9.53 Å². The van der Waals surface area contributed by atoms with Gasteiger partial charge in [0.25, 0.3) is 0 Å². The first-order valence-electron chi connectivity index (χ1n) is 7.09. The van der Waals surface area contributed by atoms with Gasteiger partial charge in [0.15, 0.2) is 0 Å². The van der Waals surface area contributed by atoms with Crippen molar-refractivity contribution in [3.8, 4) is 0 Å². The highest BCUT2D eigenvalue weighted by atomic mass is 19.4. The van der Waals surface area contributed by atoms with Crippen LogP contribution in [0.2, 0.25) is 0 Å². The fourth-order valence-corrected chi connectivity index (χ4v) is 2.99. The fourth-order valence-electron chi connectivity index (χ4n) is 2.99. The summed E-state index contributed by atoms with van der Waals surface area (Å²) in [6.07, 6.45) is -3.51. The lowest BCUT2D eigenvalue weighted by Crippen LogP contribution is -2.50. The zero-order chi connectivity index (χ0) is 14.8. The molecule has 0 radical (unpaired) electrons. The summed E-state index contributed by atoms with van der Waals surface area (Å²) in [6.45, 7) is 1.76. The minimum absolute atomic E-state index is 0.0348. The third-order valence-electron chi connectivity index (χ3n) is 4.25. The molecule has 4 nitrogen and oxygen atoms in total. The number of carbonyl (C=O) groups is 1. The number of hydrogen-bond acceptors (Lipinski definition) is 3. The van der Waals surface area contributed by atoms with Crippen LogP contribution in [-0.4, -0.2) is 49.3 Å². The molecule has 20 heavy (non-hydrogen) atoms. The predicted octanol–water partition coefficient (Wildman–Crippen LogP) is 1.54. The summed E-state index contributed by atoms with van der Waals surface area (Å²) >= 11 is 0. The van der Waals surface area contributed by atoms with Crippen LogP contribution in [0.4, 0.5) is 13.2 Å². The lowest BCUT2D eigenvalue weighted by molar-refractivity contribution is -0.185. The Kier molecular flexibility index (Phi) is 4.90. The zero-order valence-electron chi connectivity index (χ0n) is 11.4. The second-order valence-corrected chi connectivity index (χ2v) is 5.60. The number of nitrogens with zero attached hydrogens (tertiary/aromatic N) is 1. The molecule has 2 N–H and O–H groups in total. The van der Waals surface area contributed by atoms with E-state index in [2.05, 4.69) is 0 Å². The lowest BCUT2D eigenvalue weighted by atomic mass is 9.81. The number of amides is 1. The van der Waals surface area contributed by atoms with Gasteiger partial charge in [0, 0.05) is 25.6 Å². The summed E-state index contributed by atoms with van der Waals surface area (Å²) in [5, 5.41) is 0. The van der Waals surface area contributed by atoms with Crippen molar-refractivity contribution in [2.45, 2.75) is 38.0 Å². The van der Waals surface area contributed by atoms with E-state index in [4.69, 9.17) is 10.5 Å². The number of carbonyl (C=O) groups excluding carboxylic acids is 1. The molecule has 7 heteroatoms. The van der Waals surface area contributed by atoms with Gasteiger partial charge in [-0.1, -0.05) is 0 Å². The number of nitrogens with two attached hydrogens (primary N) is 1. The second kappa shape index (κ2) is 6.30. The van der Waals surface area contributed by atoms with E-state index < -0.39 is 12.1 Å². The Labute approximate surface area is 116 Å². The molecule has 0 aromatic rings. The van der Waals surface area contributed by atoms with Crippen LogP contribution in [0.5, 0.6) is 0 Å². The molecule has 1 saturated heterocycles. The molecule has 2 rings (SSSR count). The molecule has 0 bridgehead atoms. The first kappa shape index (κ1) is 15.6. The highest BCUT2D eigenvalue weighted by Gasteiger charge is 2.43. The molecule has 2 aliphatic rings. The quantitative estimate of drug-likeness (QED) is 0.840. The molecule has 2 fully saturated rings. The van der Waals surface area contributed by atoms with Gasteiger partial charge in [-0.25, -0.2) is 0 Å². The summed E-state index contributed by atoms with van der Waals surface area (Å²) in [4.78, 5) is 14.0. The molecule has 1 aliphatic carbocycles. The van der Waals surface area contributed by atoms with E-state index in [1.165, 1.54) is 0 Å². The van der Waals surface area contributed by atoms with Crippen LogP contribution in [0.1, 0.15) is 25.7 Å². The average Bonchev–Trinajstić information content (AvgIpc) is 2.46. The molecule has 0 aromatic carbocycles. The fraction of sp³-hybridized carbons (Fsp3) is 0.923. The standard InChI is InChI=1S/C13H21F3N2O2/c14-13(15,16)10-3-1-9(2-4-10)12(19)18-5-6-20-11(7-17)8-18/h9-11H,1-8,17H2. The van der Waals surface area contributed by atoms with Crippen LogP contribution in [0, 0.1) is 11.8 Å². The van der Waals surface area contributed by atoms with Crippen molar-refractivity contribution in [3.63, 3.8) is 0 Å². The molecule has 1 atom stereocenters. The molecule has 0 spiro atoms. The molecular weight excluding hydrogens is 273 g/mol. The molecule has 1 aliphatic heterocycles. The number of alkyl halides is 3. The summed E-state index contributed by atoms with van der Waals surface area (Å²) in [7, 11) is 0. The van der Waals surface area contributed by atoms with E-state index in [1.54, 1.807) is 4.90 Å². The Hall–Kier alpha value is -0.820. The number of hydrogen-bond donors (Lipinski definition) is 1. The Morgan fingerprint density at radius 1 is 1.25 bits per heavy atom. The first-order chi connectivity index (χ1) is 9.41. The van der Waals surface area contributed by atoms with Gasteiger partial charge in [0.1, 0.15) is 0 Å². The van der Waals surface area contributed by atoms with Crippen LogP contribution < -0.4 is 5.73 Å². The Balaban J connectivity index is 1.85. The predicted molar refractivity (Wildman–Crippen MR) is 66.9 cm³/mol. The van der Waals surface area contributed by atoms with E-state index in [9.17, 15) is 18.0 Å². The molecule has 0 aromatic heterocycles. The highest BCUT2D eigenvalue weighted by molar-refractivity contribution is 5.79. The number of halogens is 3. The minimum Gasteiger partial charge on any atom is -0.373 e. The van der Waals surface area contributed by atoms with Gasteiger partial charge in [-0.05, 0) is 25.7 Å². The maximum atomic E-state index is 12.6. The van der Waals surface area contributed by atoms with E-state index in [1.807, 2.05) is 0 Å². The monoisotopic (exact) mass is 294 g/mol. The van der Waals surface area contributed by atoms with E-state index in [0.29, 0.717) is 39.1 Å². The molecular formula is C13H21F3N2O2. The average molecular weight is 294 g/mol. The van der Waals surface area contributed by atoms with E-state index in [-0.39, 0.29) is 30.8 Å².